The summed E-state index contributed by atoms with van der Waals surface area (Å²) in [5, 5.41) is 10.1. The van der Waals surface area contributed by atoms with E-state index >= 15 is 0 Å². The third-order valence-corrected chi connectivity index (χ3v) is 5.48. The molecule has 0 atom stereocenters. The monoisotopic (exact) mass is 410 g/mol. The van der Waals surface area contributed by atoms with Crippen LogP contribution in [0.3, 0.4) is 0 Å². The van der Waals surface area contributed by atoms with Crippen molar-refractivity contribution < 1.29 is 18.4 Å². The summed E-state index contributed by atoms with van der Waals surface area (Å²) in [5.74, 6) is 0.193. The van der Waals surface area contributed by atoms with Gasteiger partial charge in [0, 0.05) is 24.2 Å². The van der Waals surface area contributed by atoms with Crippen molar-refractivity contribution in [1.82, 2.24) is 15.1 Å². The molecule has 30 heavy (non-hydrogen) atoms. The maximum atomic E-state index is 13.9. The van der Waals surface area contributed by atoms with E-state index < -0.39 is 0 Å². The molecule has 0 bridgehead atoms. The first-order chi connectivity index (χ1) is 14.5. The van der Waals surface area contributed by atoms with Crippen LogP contribution < -0.4 is 10.6 Å². The van der Waals surface area contributed by atoms with Crippen LogP contribution in [0.25, 0.3) is 5.69 Å². The Labute approximate surface area is 173 Å². The number of nitrogens with one attached hydrogen (secondary N) is 2. The minimum atomic E-state index is -0.385. The number of para-hydroxylation sites is 1. The zero-order valence-corrected chi connectivity index (χ0v) is 16.6. The van der Waals surface area contributed by atoms with Crippen molar-refractivity contribution in [3.8, 4) is 5.69 Å². The van der Waals surface area contributed by atoms with Crippen LogP contribution in [-0.4, -0.2) is 27.6 Å². The Morgan fingerprint density at radius 2 is 1.90 bits per heavy atom. The molecular formula is C22H23FN4O3. The third kappa shape index (κ3) is 4.27. The van der Waals surface area contributed by atoms with Gasteiger partial charge in [-0.25, -0.2) is 9.07 Å². The molecule has 2 N–H and O–H groups in total. The van der Waals surface area contributed by atoms with E-state index in [0.717, 1.165) is 12.8 Å². The highest BCUT2D eigenvalue weighted by Gasteiger charge is 2.28. The number of furan rings is 1. The smallest absolute Gasteiger partial charge is 0.255 e. The average Bonchev–Trinajstić information content (AvgIpc) is 3.38. The van der Waals surface area contributed by atoms with Crippen molar-refractivity contribution >= 4 is 17.6 Å². The first-order valence-electron chi connectivity index (χ1n) is 9.97. The van der Waals surface area contributed by atoms with Crippen LogP contribution in [0.1, 0.15) is 41.8 Å². The molecule has 1 aliphatic carbocycles. The quantitative estimate of drug-likeness (QED) is 0.669. The minimum absolute atomic E-state index is 0.0381. The van der Waals surface area contributed by atoms with Gasteiger partial charge in [0.15, 0.2) is 5.82 Å². The number of amides is 2. The van der Waals surface area contributed by atoms with Crippen LogP contribution in [0.5, 0.6) is 0 Å². The van der Waals surface area contributed by atoms with Crippen molar-refractivity contribution in [2.75, 3.05) is 5.32 Å². The van der Waals surface area contributed by atoms with Gasteiger partial charge in [-0.15, -0.1) is 5.10 Å². The van der Waals surface area contributed by atoms with Gasteiger partial charge >= 0.3 is 0 Å². The van der Waals surface area contributed by atoms with Crippen LogP contribution in [0.2, 0.25) is 0 Å². The maximum absolute atomic E-state index is 13.9. The molecule has 1 aliphatic rings. The van der Waals surface area contributed by atoms with Gasteiger partial charge in [-0.05, 0) is 50.8 Å². The van der Waals surface area contributed by atoms with E-state index in [1.165, 1.54) is 17.0 Å². The predicted octanol–water partition coefficient (Wildman–Crippen LogP) is 3.84. The number of carbonyl (C=O) groups excluding carboxylic acids is 2. The number of rotatable bonds is 5. The van der Waals surface area contributed by atoms with Gasteiger partial charge in [-0.3, -0.25) is 9.59 Å². The average molecular weight is 410 g/mol. The molecule has 2 heterocycles. The molecule has 0 saturated heterocycles. The summed E-state index contributed by atoms with van der Waals surface area (Å²) >= 11 is 0. The van der Waals surface area contributed by atoms with Gasteiger partial charge in [0.25, 0.3) is 5.91 Å². The SMILES string of the molecule is Cc1occc1C(=O)NC1CCC(C(=O)Nc2ccn(-c3ccccc3F)n2)CC1. The van der Waals surface area contributed by atoms with Crippen molar-refractivity contribution in [2.45, 2.75) is 38.6 Å². The normalized spacial score (nSPS) is 18.7. The summed E-state index contributed by atoms with van der Waals surface area (Å²) in [6.07, 6.45) is 5.91. The van der Waals surface area contributed by atoms with Crippen molar-refractivity contribution in [2.24, 2.45) is 5.92 Å². The zero-order valence-electron chi connectivity index (χ0n) is 16.6. The van der Waals surface area contributed by atoms with Crippen LogP contribution >= 0.6 is 0 Å². The first kappa shape index (κ1) is 19.9. The molecule has 2 aromatic heterocycles. The number of hydrogen-bond donors (Lipinski definition) is 2. The van der Waals surface area contributed by atoms with Gasteiger partial charge < -0.3 is 15.1 Å². The zero-order chi connectivity index (χ0) is 21.1. The van der Waals surface area contributed by atoms with Crippen molar-refractivity contribution in [3.63, 3.8) is 0 Å². The maximum Gasteiger partial charge on any atom is 0.255 e. The van der Waals surface area contributed by atoms with Gasteiger partial charge in [0.05, 0.1) is 11.8 Å². The number of carbonyl (C=O) groups is 2. The van der Waals surface area contributed by atoms with Gasteiger partial charge in [-0.1, -0.05) is 12.1 Å². The summed E-state index contributed by atoms with van der Waals surface area (Å²) < 4.78 is 20.5. The molecule has 0 radical (unpaired) electrons. The first-order valence-corrected chi connectivity index (χ1v) is 9.97. The number of aromatic nitrogens is 2. The van der Waals surface area contributed by atoms with Gasteiger partial charge in [0.1, 0.15) is 17.3 Å². The molecule has 7 nitrogen and oxygen atoms in total. The molecule has 3 aromatic rings. The van der Waals surface area contributed by atoms with Crippen LogP contribution in [0.15, 0.2) is 53.3 Å². The summed E-state index contributed by atoms with van der Waals surface area (Å²) in [7, 11) is 0. The molecule has 0 aliphatic heterocycles. The molecule has 4 rings (SSSR count). The fraction of sp³-hybridized carbons (Fsp3) is 0.318. The van der Waals surface area contributed by atoms with Crippen molar-refractivity contribution in [3.05, 3.63) is 66.0 Å². The second kappa shape index (κ2) is 8.52. The van der Waals surface area contributed by atoms with Crippen LogP contribution in [0, 0.1) is 18.7 Å². The number of halogens is 1. The fourth-order valence-electron chi connectivity index (χ4n) is 3.77. The molecule has 2 amide bonds. The standard InChI is InChI=1S/C22H23FN4O3/c1-14-17(11-13-30-14)22(29)24-16-8-6-15(7-9-16)21(28)25-20-10-12-27(26-20)19-5-3-2-4-18(19)23/h2-5,10-13,15-16H,6-9H2,1H3,(H,24,29)(H,25,26,28). The highest BCUT2D eigenvalue weighted by molar-refractivity contribution is 5.95. The van der Waals surface area contributed by atoms with E-state index in [0.29, 0.717) is 35.7 Å². The largest absolute Gasteiger partial charge is 0.469 e. The summed E-state index contributed by atoms with van der Waals surface area (Å²) in [6.45, 7) is 1.75. The molecule has 0 unspecified atom stereocenters. The Morgan fingerprint density at radius 3 is 2.60 bits per heavy atom. The topological polar surface area (TPSA) is 89.2 Å². The molecule has 1 saturated carbocycles. The lowest BCUT2D eigenvalue weighted by atomic mass is 9.85. The Morgan fingerprint density at radius 1 is 1.13 bits per heavy atom. The number of nitrogens with zero attached hydrogens (tertiary/aromatic N) is 2. The Bertz CT molecular complexity index is 1050. The minimum Gasteiger partial charge on any atom is -0.469 e. The molecule has 0 spiro atoms. The molecule has 156 valence electrons. The lowest BCUT2D eigenvalue weighted by Crippen LogP contribution is -2.39. The lowest BCUT2D eigenvalue weighted by molar-refractivity contribution is -0.120. The summed E-state index contributed by atoms with van der Waals surface area (Å²) in [6, 6.07) is 9.66. The van der Waals surface area contributed by atoms with E-state index in [1.807, 2.05) is 0 Å². The van der Waals surface area contributed by atoms with Crippen LogP contribution in [-0.2, 0) is 4.79 Å². The highest BCUT2D eigenvalue weighted by atomic mass is 19.1. The Balaban J connectivity index is 1.29. The molecular weight excluding hydrogens is 387 g/mol. The van der Waals surface area contributed by atoms with Crippen molar-refractivity contribution in [1.29, 1.82) is 0 Å². The number of benzene rings is 1. The van der Waals surface area contributed by atoms with E-state index in [1.54, 1.807) is 43.5 Å². The predicted molar refractivity (Wildman–Crippen MR) is 109 cm³/mol. The second-order valence-electron chi connectivity index (χ2n) is 7.50. The van der Waals surface area contributed by atoms with E-state index in [4.69, 9.17) is 4.42 Å². The lowest BCUT2D eigenvalue weighted by Gasteiger charge is -2.28. The number of aryl methyl sites for hydroxylation is 1. The molecule has 1 fully saturated rings. The Hall–Kier alpha value is -3.42. The van der Waals surface area contributed by atoms with E-state index in [9.17, 15) is 14.0 Å². The Kier molecular flexibility index (Phi) is 5.65. The third-order valence-electron chi connectivity index (χ3n) is 5.48. The molecule has 8 heteroatoms. The van der Waals surface area contributed by atoms with Gasteiger partial charge in [-0.2, -0.15) is 0 Å². The molecule has 1 aromatic carbocycles. The fourth-order valence-corrected chi connectivity index (χ4v) is 3.77. The summed E-state index contributed by atoms with van der Waals surface area (Å²) in [5.41, 5.74) is 0.863. The van der Waals surface area contributed by atoms with Gasteiger partial charge in [0.2, 0.25) is 5.91 Å². The number of hydrogen-bond acceptors (Lipinski definition) is 4. The summed E-state index contributed by atoms with van der Waals surface area (Å²) in [4.78, 5) is 24.9. The second-order valence-corrected chi connectivity index (χ2v) is 7.50. The van der Waals surface area contributed by atoms with E-state index in [2.05, 4.69) is 15.7 Å². The van der Waals surface area contributed by atoms with Crippen LogP contribution in [0.4, 0.5) is 10.2 Å². The van der Waals surface area contributed by atoms with E-state index in [-0.39, 0.29) is 29.6 Å². The highest BCUT2D eigenvalue weighted by Crippen LogP contribution is 2.26. The number of anilines is 1.